The Bertz CT molecular complexity index is 290. The van der Waals surface area contributed by atoms with Gasteiger partial charge in [0, 0.05) is 18.0 Å². The lowest BCUT2D eigenvalue weighted by molar-refractivity contribution is 0.300. The summed E-state index contributed by atoms with van der Waals surface area (Å²) in [5.74, 6) is 0. The highest BCUT2D eigenvalue weighted by atomic mass is 32.2. The van der Waals surface area contributed by atoms with Crippen LogP contribution in [-0.4, -0.2) is 28.5 Å². The van der Waals surface area contributed by atoms with Crippen LogP contribution in [0.1, 0.15) is 25.8 Å². The van der Waals surface area contributed by atoms with Crippen molar-refractivity contribution in [3.05, 3.63) is 23.9 Å². The number of hydrogen-bond donors (Lipinski definition) is 2. The molecule has 1 aromatic heterocycles. The molecular weight excluding hydrogens is 220 g/mol. The lowest BCUT2D eigenvalue weighted by Gasteiger charge is -2.07. The lowest BCUT2D eigenvalue weighted by atomic mass is 10.3. The quantitative estimate of drug-likeness (QED) is 0.565. The molecule has 0 saturated carbocycles. The third-order valence-corrected chi connectivity index (χ3v) is 3.17. The average Bonchev–Trinajstić information content (AvgIpc) is 2.31. The number of nitrogens with one attached hydrogen (secondary N) is 1. The highest BCUT2D eigenvalue weighted by Crippen LogP contribution is 2.20. The molecule has 0 amide bonds. The molecule has 0 spiro atoms. The molecule has 0 radical (unpaired) electrons. The van der Waals surface area contributed by atoms with Gasteiger partial charge >= 0.3 is 0 Å². The molecule has 1 atom stereocenters. The smallest absolute Gasteiger partial charge is 0.0963 e. The third kappa shape index (κ3) is 4.96. The van der Waals surface area contributed by atoms with Crippen molar-refractivity contribution in [3.63, 3.8) is 0 Å². The first-order valence-electron chi connectivity index (χ1n) is 5.69. The Balaban J connectivity index is 2.41. The summed E-state index contributed by atoms with van der Waals surface area (Å²) in [5.41, 5.74) is 1.20. The molecule has 90 valence electrons. The van der Waals surface area contributed by atoms with E-state index < -0.39 is 0 Å². The van der Waals surface area contributed by atoms with Crippen LogP contribution in [0.4, 0.5) is 0 Å². The Morgan fingerprint density at radius 2 is 2.31 bits per heavy atom. The summed E-state index contributed by atoms with van der Waals surface area (Å²) in [7, 11) is 0. The van der Waals surface area contributed by atoms with Gasteiger partial charge in [0.2, 0.25) is 0 Å². The van der Waals surface area contributed by atoms with Crippen molar-refractivity contribution in [2.75, 3.05) is 13.2 Å². The minimum atomic E-state index is 0.187. The number of hydrogen-bond acceptors (Lipinski definition) is 4. The highest BCUT2D eigenvalue weighted by molar-refractivity contribution is 7.99. The van der Waals surface area contributed by atoms with Crippen LogP contribution in [0, 0.1) is 0 Å². The molecule has 16 heavy (non-hydrogen) atoms. The molecule has 4 heteroatoms. The first-order chi connectivity index (χ1) is 7.76. The molecule has 0 aliphatic carbocycles. The van der Waals surface area contributed by atoms with Crippen LogP contribution in [0.25, 0.3) is 0 Å². The molecule has 2 N–H and O–H groups in total. The van der Waals surface area contributed by atoms with Crippen molar-refractivity contribution in [3.8, 4) is 0 Å². The molecule has 3 nitrogen and oxygen atoms in total. The van der Waals surface area contributed by atoms with Crippen LogP contribution in [0.2, 0.25) is 0 Å². The zero-order chi connectivity index (χ0) is 11.8. The number of pyridine rings is 1. The molecule has 1 unspecified atom stereocenters. The number of nitrogens with zero attached hydrogens (tertiary/aromatic N) is 1. The first kappa shape index (κ1) is 13.5. The number of thioether (sulfide) groups is 1. The molecule has 1 rings (SSSR count). The van der Waals surface area contributed by atoms with Crippen LogP contribution in [0.15, 0.2) is 23.4 Å². The third-order valence-electron chi connectivity index (χ3n) is 2.13. The van der Waals surface area contributed by atoms with E-state index in [0.717, 1.165) is 24.5 Å². The summed E-state index contributed by atoms with van der Waals surface area (Å²) >= 11 is 1.60. The van der Waals surface area contributed by atoms with E-state index in [1.807, 2.05) is 19.2 Å². The molecule has 1 heterocycles. The number of aliphatic hydroxyl groups excluding tert-OH is 1. The molecule has 0 aliphatic heterocycles. The number of aliphatic hydroxyl groups is 1. The van der Waals surface area contributed by atoms with E-state index in [0.29, 0.717) is 0 Å². The normalized spacial score (nSPS) is 12.7. The van der Waals surface area contributed by atoms with Crippen LogP contribution in [-0.2, 0) is 6.54 Å². The summed E-state index contributed by atoms with van der Waals surface area (Å²) in [5, 5.41) is 13.4. The van der Waals surface area contributed by atoms with Crippen molar-refractivity contribution in [1.82, 2.24) is 10.3 Å². The summed E-state index contributed by atoms with van der Waals surface area (Å²) in [4.78, 5) is 4.36. The lowest BCUT2D eigenvalue weighted by Crippen LogP contribution is -2.13. The highest BCUT2D eigenvalue weighted by Gasteiger charge is 2.03. The fourth-order valence-electron chi connectivity index (χ4n) is 1.24. The summed E-state index contributed by atoms with van der Waals surface area (Å²) < 4.78 is 0. The van der Waals surface area contributed by atoms with Crippen LogP contribution >= 0.6 is 11.8 Å². The minimum absolute atomic E-state index is 0.187. The van der Waals surface area contributed by atoms with Crippen molar-refractivity contribution >= 4 is 11.8 Å². The van der Waals surface area contributed by atoms with Crippen molar-refractivity contribution in [1.29, 1.82) is 0 Å². The molecule has 0 bridgehead atoms. The van der Waals surface area contributed by atoms with Crippen LogP contribution in [0.5, 0.6) is 0 Å². The van der Waals surface area contributed by atoms with E-state index >= 15 is 0 Å². The van der Waals surface area contributed by atoms with Crippen molar-refractivity contribution in [2.45, 2.75) is 37.1 Å². The van der Waals surface area contributed by atoms with E-state index in [2.05, 4.69) is 23.3 Å². The van der Waals surface area contributed by atoms with Gasteiger partial charge in [-0.15, -0.1) is 11.8 Å². The predicted octanol–water partition coefficient (Wildman–Crippen LogP) is 2.05. The van der Waals surface area contributed by atoms with Gasteiger partial charge in [-0.1, -0.05) is 19.9 Å². The molecule has 0 fully saturated rings. The Morgan fingerprint density at radius 3 is 2.88 bits per heavy atom. The van der Waals surface area contributed by atoms with Gasteiger partial charge < -0.3 is 10.4 Å². The molecule has 0 saturated heterocycles. The fraction of sp³-hybridized carbons (Fsp3) is 0.583. The van der Waals surface area contributed by atoms with Gasteiger partial charge in [0.15, 0.2) is 0 Å². The van der Waals surface area contributed by atoms with E-state index in [4.69, 9.17) is 5.11 Å². The van der Waals surface area contributed by atoms with Gasteiger partial charge in [0.25, 0.3) is 0 Å². The number of rotatable bonds is 7. The Morgan fingerprint density at radius 1 is 1.50 bits per heavy atom. The van der Waals surface area contributed by atoms with E-state index in [1.54, 1.807) is 11.8 Å². The second-order valence-electron chi connectivity index (χ2n) is 3.79. The molecule has 0 aliphatic rings. The topological polar surface area (TPSA) is 45.1 Å². The van der Waals surface area contributed by atoms with Gasteiger partial charge in [-0.2, -0.15) is 0 Å². The first-order valence-corrected chi connectivity index (χ1v) is 6.57. The van der Waals surface area contributed by atoms with Gasteiger partial charge in [-0.05, 0) is 24.6 Å². The number of aromatic nitrogens is 1. The minimum Gasteiger partial charge on any atom is -0.395 e. The Hall–Kier alpha value is -0.580. The molecule has 1 aromatic rings. The van der Waals surface area contributed by atoms with E-state index in [-0.39, 0.29) is 11.9 Å². The second kappa shape index (κ2) is 7.65. The SMILES string of the molecule is CCCNCc1ccc(SC(C)CO)nc1. The maximum Gasteiger partial charge on any atom is 0.0963 e. The average molecular weight is 240 g/mol. The van der Waals surface area contributed by atoms with Gasteiger partial charge in [-0.25, -0.2) is 4.98 Å². The van der Waals surface area contributed by atoms with Crippen LogP contribution < -0.4 is 5.32 Å². The zero-order valence-electron chi connectivity index (χ0n) is 9.94. The van der Waals surface area contributed by atoms with Gasteiger partial charge in [-0.3, -0.25) is 0 Å². The predicted molar refractivity (Wildman–Crippen MR) is 68.6 cm³/mol. The van der Waals surface area contributed by atoms with E-state index in [1.165, 1.54) is 5.56 Å². The zero-order valence-corrected chi connectivity index (χ0v) is 10.8. The fourth-order valence-corrected chi connectivity index (χ4v) is 1.99. The largest absolute Gasteiger partial charge is 0.395 e. The maximum absolute atomic E-state index is 8.94. The maximum atomic E-state index is 8.94. The van der Waals surface area contributed by atoms with Gasteiger partial charge in [0.05, 0.1) is 11.6 Å². The standard InChI is InChI=1S/C12H20N2OS/c1-3-6-13-7-11-4-5-12(14-8-11)16-10(2)9-15/h4-5,8,10,13,15H,3,6-7,9H2,1-2H3. The Labute approximate surface area is 102 Å². The monoisotopic (exact) mass is 240 g/mol. The van der Waals surface area contributed by atoms with Gasteiger partial charge in [0.1, 0.15) is 0 Å². The van der Waals surface area contributed by atoms with E-state index in [9.17, 15) is 0 Å². The van der Waals surface area contributed by atoms with Crippen molar-refractivity contribution < 1.29 is 5.11 Å². The van der Waals surface area contributed by atoms with Crippen LogP contribution in [0.3, 0.4) is 0 Å². The molecule has 0 aromatic carbocycles. The second-order valence-corrected chi connectivity index (χ2v) is 5.25. The summed E-state index contributed by atoms with van der Waals surface area (Å²) in [6.07, 6.45) is 3.05. The Kier molecular flexibility index (Phi) is 6.45. The molecular formula is C12H20N2OS. The summed E-state index contributed by atoms with van der Waals surface area (Å²) in [6, 6.07) is 4.10. The van der Waals surface area contributed by atoms with Crippen molar-refractivity contribution in [2.24, 2.45) is 0 Å². The summed E-state index contributed by atoms with van der Waals surface area (Å²) in [6.45, 7) is 6.25.